The average Bonchev–Trinajstić information content (AvgIpc) is 3.60. The van der Waals surface area contributed by atoms with Crippen LogP contribution in [0.25, 0.3) is 21.6 Å². The van der Waals surface area contributed by atoms with Crippen molar-refractivity contribution in [2.75, 3.05) is 0 Å². The number of carbonyl (C=O) groups is 2. The van der Waals surface area contributed by atoms with Crippen LogP contribution in [0.4, 0.5) is 0 Å². The van der Waals surface area contributed by atoms with Crippen molar-refractivity contribution in [1.29, 1.82) is 0 Å². The molecule has 0 radical (unpaired) electrons. The molecule has 3 N–H and O–H groups in total. The highest BCUT2D eigenvalue weighted by Crippen LogP contribution is 2.37. The molecule has 7 nitrogen and oxygen atoms in total. The highest BCUT2D eigenvalue weighted by Gasteiger charge is 2.35. The van der Waals surface area contributed by atoms with Gasteiger partial charge in [0.05, 0.1) is 6.04 Å². The van der Waals surface area contributed by atoms with Gasteiger partial charge in [0, 0.05) is 35.9 Å². The SMILES string of the molecule is C[C@@H](NC(=O)[C@H](O)[C@@H](O)C(=O)N1Cc2ccccc2C1)c1ccc(-c2sccc2-c2ccncc2)cc1. The molecule has 3 atom stereocenters. The van der Waals surface area contributed by atoms with E-state index in [1.54, 1.807) is 30.7 Å². The fourth-order valence-corrected chi connectivity index (χ4v) is 5.48. The number of aliphatic hydroxyl groups excluding tert-OH is 2. The second kappa shape index (κ2) is 10.6. The summed E-state index contributed by atoms with van der Waals surface area (Å²) >= 11 is 1.65. The third-order valence-electron chi connectivity index (χ3n) is 6.66. The molecule has 188 valence electrons. The first-order valence-corrected chi connectivity index (χ1v) is 12.9. The molecule has 4 aromatic rings. The number of amides is 2. The summed E-state index contributed by atoms with van der Waals surface area (Å²) in [5.41, 5.74) is 6.10. The van der Waals surface area contributed by atoms with Crippen molar-refractivity contribution in [2.24, 2.45) is 0 Å². The molecule has 1 aliphatic rings. The van der Waals surface area contributed by atoms with Crippen molar-refractivity contribution in [1.82, 2.24) is 15.2 Å². The van der Waals surface area contributed by atoms with E-state index in [1.807, 2.05) is 60.7 Å². The van der Waals surface area contributed by atoms with E-state index in [2.05, 4.69) is 21.7 Å². The van der Waals surface area contributed by atoms with Crippen LogP contribution in [0.3, 0.4) is 0 Å². The van der Waals surface area contributed by atoms with Crippen LogP contribution < -0.4 is 5.32 Å². The lowest BCUT2D eigenvalue weighted by Gasteiger charge is -2.24. The Morgan fingerprint density at radius 2 is 1.54 bits per heavy atom. The maximum absolute atomic E-state index is 12.7. The standard InChI is InChI=1S/C29H27N3O4S/c1-18(19-6-8-21(9-7-19)27-24(12-15-37-27)20-10-13-30-14-11-20)31-28(35)25(33)26(34)29(36)32-16-22-4-2-3-5-23(22)17-32/h2-15,18,25-26,33-34H,16-17H2,1H3,(H,31,35)/t18-,25-,26-/m1/s1. The predicted molar refractivity (Wildman–Crippen MR) is 142 cm³/mol. The molecular formula is C29H27N3O4S. The van der Waals surface area contributed by atoms with Crippen molar-refractivity contribution in [3.63, 3.8) is 0 Å². The quantitative estimate of drug-likeness (QED) is 0.348. The van der Waals surface area contributed by atoms with E-state index in [1.165, 1.54) is 4.90 Å². The van der Waals surface area contributed by atoms with Gasteiger partial charge < -0.3 is 20.4 Å². The van der Waals surface area contributed by atoms with Crippen LogP contribution in [0.15, 0.2) is 84.5 Å². The summed E-state index contributed by atoms with van der Waals surface area (Å²) in [6.45, 7) is 2.48. The zero-order chi connectivity index (χ0) is 25.9. The summed E-state index contributed by atoms with van der Waals surface area (Å²) in [4.78, 5) is 32.1. The normalized spacial score (nSPS) is 15.1. The Hall–Kier alpha value is -3.85. The van der Waals surface area contributed by atoms with Crippen LogP contribution >= 0.6 is 11.3 Å². The van der Waals surface area contributed by atoms with E-state index >= 15 is 0 Å². The van der Waals surface area contributed by atoms with E-state index in [-0.39, 0.29) is 0 Å². The molecule has 0 spiro atoms. The summed E-state index contributed by atoms with van der Waals surface area (Å²) in [6, 6.07) is 21.1. The lowest BCUT2D eigenvalue weighted by atomic mass is 10.0. The van der Waals surface area contributed by atoms with Crippen LogP contribution in [0.5, 0.6) is 0 Å². The first kappa shape index (κ1) is 24.8. The number of benzene rings is 2. The van der Waals surface area contributed by atoms with E-state index in [9.17, 15) is 19.8 Å². The number of hydrogen-bond donors (Lipinski definition) is 3. The first-order chi connectivity index (χ1) is 17.9. The number of rotatable bonds is 7. The van der Waals surface area contributed by atoms with E-state index in [0.29, 0.717) is 13.1 Å². The Balaban J connectivity index is 1.21. The Labute approximate surface area is 219 Å². The third-order valence-corrected chi connectivity index (χ3v) is 7.62. The number of pyridine rings is 1. The van der Waals surface area contributed by atoms with Crippen molar-refractivity contribution < 1.29 is 19.8 Å². The molecule has 2 amide bonds. The number of nitrogens with zero attached hydrogens (tertiary/aromatic N) is 2. The third kappa shape index (κ3) is 5.17. The van der Waals surface area contributed by atoms with Crippen molar-refractivity contribution >= 4 is 23.2 Å². The van der Waals surface area contributed by atoms with Gasteiger partial charge in [0.15, 0.2) is 12.2 Å². The van der Waals surface area contributed by atoms with Gasteiger partial charge >= 0.3 is 0 Å². The molecule has 0 aliphatic carbocycles. The van der Waals surface area contributed by atoms with Gasteiger partial charge in [0.25, 0.3) is 11.8 Å². The smallest absolute Gasteiger partial charge is 0.255 e. The van der Waals surface area contributed by atoms with Crippen molar-refractivity contribution in [3.05, 3.63) is 101 Å². The molecule has 2 aromatic heterocycles. The molecule has 0 unspecified atom stereocenters. The number of thiophene rings is 1. The molecule has 0 bridgehead atoms. The number of aromatic nitrogens is 1. The highest BCUT2D eigenvalue weighted by molar-refractivity contribution is 7.14. The lowest BCUT2D eigenvalue weighted by molar-refractivity contribution is -0.153. The average molecular weight is 514 g/mol. The van der Waals surface area contributed by atoms with Crippen LogP contribution in [0, 0.1) is 0 Å². The monoisotopic (exact) mass is 513 g/mol. The second-order valence-electron chi connectivity index (χ2n) is 9.10. The highest BCUT2D eigenvalue weighted by atomic mass is 32.1. The summed E-state index contributed by atoms with van der Waals surface area (Å²) in [5, 5.41) is 25.6. The second-order valence-corrected chi connectivity index (χ2v) is 10.0. The van der Waals surface area contributed by atoms with Crippen LogP contribution in [-0.2, 0) is 22.7 Å². The van der Waals surface area contributed by atoms with Gasteiger partial charge in [-0.2, -0.15) is 0 Å². The van der Waals surface area contributed by atoms with Gasteiger partial charge in [0.1, 0.15) is 0 Å². The molecule has 3 heterocycles. The van der Waals surface area contributed by atoms with E-state index < -0.39 is 30.1 Å². The topological polar surface area (TPSA) is 103 Å². The molecular weight excluding hydrogens is 486 g/mol. The Bertz CT molecular complexity index is 1380. The Morgan fingerprint density at radius 1 is 0.892 bits per heavy atom. The zero-order valence-corrected chi connectivity index (χ0v) is 21.1. The molecule has 2 aromatic carbocycles. The number of hydrogen-bond acceptors (Lipinski definition) is 6. The Morgan fingerprint density at radius 3 is 2.19 bits per heavy atom. The molecule has 1 aliphatic heterocycles. The fraction of sp³-hybridized carbons (Fsp3) is 0.207. The van der Waals surface area contributed by atoms with E-state index in [0.717, 1.165) is 38.3 Å². The van der Waals surface area contributed by atoms with Gasteiger partial charge in [-0.1, -0.05) is 48.5 Å². The first-order valence-electron chi connectivity index (χ1n) is 12.0. The van der Waals surface area contributed by atoms with Crippen LogP contribution in [0.2, 0.25) is 0 Å². The molecule has 0 saturated heterocycles. The van der Waals surface area contributed by atoms with Gasteiger partial charge in [-0.3, -0.25) is 14.6 Å². The minimum Gasteiger partial charge on any atom is -0.380 e. The molecule has 8 heteroatoms. The summed E-state index contributed by atoms with van der Waals surface area (Å²) < 4.78 is 0. The molecule has 0 saturated carbocycles. The maximum atomic E-state index is 12.7. The summed E-state index contributed by atoms with van der Waals surface area (Å²) in [7, 11) is 0. The minimum absolute atomic E-state index is 0.344. The van der Waals surface area contributed by atoms with Crippen LogP contribution in [-0.4, -0.2) is 44.1 Å². The van der Waals surface area contributed by atoms with Gasteiger partial charge in [-0.25, -0.2) is 0 Å². The maximum Gasteiger partial charge on any atom is 0.255 e. The van der Waals surface area contributed by atoms with E-state index in [4.69, 9.17) is 0 Å². The van der Waals surface area contributed by atoms with Crippen LogP contribution in [0.1, 0.15) is 29.7 Å². The molecule has 0 fully saturated rings. The minimum atomic E-state index is -1.87. The predicted octanol–water partition coefficient (Wildman–Crippen LogP) is 3.92. The summed E-state index contributed by atoms with van der Waals surface area (Å²) in [5.74, 6) is -1.47. The van der Waals surface area contributed by atoms with Gasteiger partial charge in [0.2, 0.25) is 0 Å². The number of nitrogens with one attached hydrogen (secondary N) is 1. The Kier molecular flexibility index (Phi) is 7.14. The largest absolute Gasteiger partial charge is 0.380 e. The molecule has 5 rings (SSSR count). The van der Waals surface area contributed by atoms with Gasteiger partial charge in [-0.15, -0.1) is 11.3 Å². The lowest BCUT2D eigenvalue weighted by Crippen LogP contribution is -2.50. The molecule has 37 heavy (non-hydrogen) atoms. The number of aliphatic hydroxyl groups is 2. The number of fused-ring (bicyclic) bond motifs is 1. The summed E-state index contributed by atoms with van der Waals surface area (Å²) in [6.07, 6.45) is -0.165. The zero-order valence-electron chi connectivity index (χ0n) is 20.2. The van der Waals surface area contributed by atoms with Crippen molar-refractivity contribution in [3.8, 4) is 21.6 Å². The fourth-order valence-electron chi connectivity index (χ4n) is 4.55. The van der Waals surface area contributed by atoms with Gasteiger partial charge in [-0.05, 0) is 58.3 Å². The van der Waals surface area contributed by atoms with Crippen molar-refractivity contribution in [2.45, 2.75) is 38.3 Å². The number of carbonyl (C=O) groups excluding carboxylic acids is 2.